The van der Waals surface area contributed by atoms with Gasteiger partial charge in [-0.1, -0.05) is 17.9 Å². The van der Waals surface area contributed by atoms with E-state index in [1.165, 1.54) is 0 Å². The Kier molecular flexibility index (Phi) is 9.44. The van der Waals surface area contributed by atoms with Crippen molar-refractivity contribution in [1.82, 2.24) is 15.0 Å². The van der Waals surface area contributed by atoms with E-state index in [0.29, 0.717) is 36.7 Å². The third-order valence-corrected chi connectivity index (χ3v) is 7.41. The molecule has 4 rings (SSSR count). The molecule has 0 unspecified atom stereocenters. The van der Waals surface area contributed by atoms with Gasteiger partial charge in [0.25, 0.3) is 0 Å². The fraction of sp³-hybridized carbons (Fsp3) is 0.444. The molecule has 3 aromatic rings. The maximum Gasteiger partial charge on any atom is 0.224 e. The number of rotatable bonds is 10. The zero-order chi connectivity index (χ0) is 26.2. The van der Waals surface area contributed by atoms with Crippen LogP contribution in [0, 0.1) is 24.7 Å². The third kappa shape index (κ3) is 6.44. The number of methoxy groups -OCH3 is 2. The number of nitrogens with one attached hydrogen (secondary N) is 2. The number of aryl methyl sites for hydroxylation is 1. The van der Waals surface area contributed by atoms with Crippen molar-refractivity contribution >= 4 is 23.1 Å². The molecule has 1 saturated carbocycles. The summed E-state index contributed by atoms with van der Waals surface area (Å²) in [7, 11) is 3.28. The van der Waals surface area contributed by atoms with E-state index in [4.69, 9.17) is 19.6 Å². The molecule has 9 nitrogen and oxygen atoms in total. The summed E-state index contributed by atoms with van der Waals surface area (Å²) < 4.78 is 11.4. The predicted octanol–water partition coefficient (Wildman–Crippen LogP) is 2.93. The first kappa shape index (κ1) is 27.0. The Bertz CT molecular complexity index is 1230. The molecule has 0 amide bonds. The van der Waals surface area contributed by atoms with Gasteiger partial charge in [-0.15, -0.1) is 11.3 Å². The molecular weight excluding hydrogens is 490 g/mol. The van der Waals surface area contributed by atoms with Gasteiger partial charge in [0.15, 0.2) is 0 Å². The molecule has 37 heavy (non-hydrogen) atoms. The summed E-state index contributed by atoms with van der Waals surface area (Å²) in [4.78, 5) is 15.7. The Balaban J connectivity index is 1.65. The first-order chi connectivity index (χ1) is 18.1. The lowest BCUT2D eigenvalue weighted by Gasteiger charge is -2.25. The highest BCUT2D eigenvalue weighted by Gasteiger charge is 2.44. The Labute approximate surface area is 221 Å². The fourth-order valence-corrected chi connectivity index (χ4v) is 5.41. The number of aliphatic hydroxyl groups excluding tert-OH is 2. The minimum atomic E-state index is -0.262. The van der Waals surface area contributed by atoms with Gasteiger partial charge >= 0.3 is 0 Å². The minimum absolute atomic E-state index is 0.0109. The topological polar surface area (TPSA) is 122 Å². The van der Waals surface area contributed by atoms with Crippen LogP contribution >= 0.6 is 11.3 Å². The smallest absolute Gasteiger partial charge is 0.224 e. The van der Waals surface area contributed by atoms with Crippen molar-refractivity contribution in [2.24, 2.45) is 5.92 Å². The zero-order valence-electron chi connectivity index (χ0n) is 21.3. The third-order valence-electron chi connectivity index (χ3n) is 6.38. The number of nitrogens with zero attached hydrogens (tertiary/aromatic N) is 3. The summed E-state index contributed by atoms with van der Waals surface area (Å²) in [6.45, 7) is 2.55. The van der Waals surface area contributed by atoms with E-state index >= 15 is 0 Å². The normalized spacial score (nSPS) is 20.9. The molecule has 3 heterocycles. The van der Waals surface area contributed by atoms with Crippen LogP contribution in [-0.4, -0.2) is 77.4 Å². The van der Waals surface area contributed by atoms with E-state index in [1.54, 1.807) is 31.8 Å². The van der Waals surface area contributed by atoms with Crippen LogP contribution in [0.2, 0.25) is 0 Å². The number of thiophene rings is 1. The lowest BCUT2D eigenvalue weighted by Crippen LogP contribution is -2.38. The van der Waals surface area contributed by atoms with Crippen molar-refractivity contribution < 1.29 is 19.7 Å². The molecule has 4 N–H and O–H groups in total. The van der Waals surface area contributed by atoms with Gasteiger partial charge in [0, 0.05) is 46.1 Å². The Morgan fingerprint density at radius 2 is 1.92 bits per heavy atom. The molecule has 196 valence electrons. The molecule has 0 radical (unpaired) electrons. The van der Waals surface area contributed by atoms with E-state index in [1.807, 2.05) is 37.3 Å². The largest absolute Gasteiger partial charge is 0.396 e. The average molecular weight is 524 g/mol. The van der Waals surface area contributed by atoms with Crippen molar-refractivity contribution in [3.63, 3.8) is 0 Å². The average Bonchev–Trinajstić information content (AvgIpc) is 3.53. The van der Waals surface area contributed by atoms with E-state index < -0.39 is 0 Å². The van der Waals surface area contributed by atoms with Crippen molar-refractivity contribution in [2.75, 3.05) is 44.6 Å². The van der Waals surface area contributed by atoms with Gasteiger partial charge in [-0.2, -0.15) is 4.98 Å². The van der Waals surface area contributed by atoms with Crippen LogP contribution in [-0.2, 0) is 9.47 Å². The maximum atomic E-state index is 9.88. The molecule has 1 fully saturated rings. The van der Waals surface area contributed by atoms with Crippen LogP contribution in [0.5, 0.6) is 0 Å². The van der Waals surface area contributed by atoms with Crippen molar-refractivity contribution in [1.29, 1.82) is 0 Å². The monoisotopic (exact) mass is 523 g/mol. The molecule has 0 saturated heterocycles. The molecule has 1 aliphatic carbocycles. The second kappa shape index (κ2) is 12.9. The molecule has 0 spiro atoms. The number of aliphatic hydroxyl groups is 2. The molecule has 0 bridgehead atoms. The highest BCUT2D eigenvalue weighted by molar-refractivity contribution is 7.16. The number of aromatic nitrogens is 3. The van der Waals surface area contributed by atoms with Crippen molar-refractivity contribution in [3.05, 3.63) is 52.7 Å². The molecule has 0 aliphatic heterocycles. The zero-order valence-corrected chi connectivity index (χ0v) is 22.1. The Morgan fingerprint density at radius 1 is 1.08 bits per heavy atom. The second-order valence-corrected chi connectivity index (χ2v) is 9.90. The fourth-order valence-electron chi connectivity index (χ4n) is 4.57. The van der Waals surface area contributed by atoms with Gasteiger partial charge < -0.3 is 30.3 Å². The highest BCUT2D eigenvalue weighted by atomic mass is 32.1. The first-order valence-electron chi connectivity index (χ1n) is 12.3. The van der Waals surface area contributed by atoms with Crippen molar-refractivity contribution in [2.45, 2.75) is 38.0 Å². The van der Waals surface area contributed by atoms with E-state index in [2.05, 4.69) is 32.4 Å². The number of ether oxygens (including phenoxy) is 2. The lowest BCUT2D eigenvalue weighted by atomic mass is 10.1. The van der Waals surface area contributed by atoms with E-state index in [9.17, 15) is 5.11 Å². The van der Waals surface area contributed by atoms with E-state index in [0.717, 1.165) is 21.1 Å². The summed E-state index contributed by atoms with van der Waals surface area (Å²) in [6.07, 6.45) is 2.53. The standard InChI is InChI=1S/C27H33N5O4S/c1-17-20(10-8-19-9-11-23(37-19)21-7-4-5-12-28-21)26(32-27(30-17)29-13-6-14-33)31-22-15-18(16-34)24(35-2)25(22)36-3/h4-5,7,9,11-12,18,22,24-25,33-34H,6,13-16H2,1-3H3,(H2,29,30,31,32)/t18-,22-,24-,25+/m1/s1. The van der Waals surface area contributed by atoms with Gasteiger partial charge in [-0.05, 0) is 44.0 Å². The van der Waals surface area contributed by atoms with Gasteiger partial charge in [-0.25, -0.2) is 4.98 Å². The van der Waals surface area contributed by atoms with Gasteiger partial charge in [0.05, 0.1) is 38.9 Å². The van der Waals surface area contributed by atoms with Crippen LogP contribution in [0.3, 0.4) is 0 Å². The Hall–Kier alpha value is -3.07. The highest BCUT2D eigenvalue weighted by Crippen LogP contribution is 2.33. The lowest BCUT2D eigenvalue weighted by molar-refractivity contribution is -0.0449. The molecule has 10 heteroatoms. The maximum absolute atomic E-state index is 9.88. The van der Waals surface area contributed by atoms with Gasteiger partial charge in [0.2, 0.25) is 5.95 Å². The predicted molar refractivity (Wildman–Crippen MR) is 145 cm³/mol. The SMILES string of the molecule is CO[C@@H]1[C@@H](CO)C[C@@H](Nc2nc(NCCCO)nc(C)c2C#Cc2ccc(-c3ccccn3)s2)[C@@H]1OC. The minimum Gasteiger partial charge on any atom is -0.396 e. The summed E-state index contributed by atoms with van der Waals surface area (Å²) in [5, 5.41) is 25.7. The second-order valence-electron chi connectivity index (χ2n) is 8.82. The molecule has 0 aromatic carbocycles. The summed E-state index contributed by atoms with van der Waals surface area (Å²) in [6, 6.07) is 9.72. The molecule has 4 atom stereocenters. The molecule has 3 aromatic heterocycles. The number of hydrogen-bond donors (Lipinski definition) is 4. The number of anilines is 2. The van der Waals surface area contributed by atoms with Crippen LogP contribution in [0.15, 0.2) is 36.5 Å². The van der Waals surface area contributed by atoms with Crippen LogP contribution in [0.1, 0.15) is 29.0 Å². The van der Waals surface area contributed by atoms with Crippen LogP contribution in [0.4, 0.5) is 11.8 Å². The molecule has 1 aliphatic rings. The number of pyridine rings is 1. The van der Waals surface area contributed by atoms with Gasteiger partial charge in [-0.3, -0.25) is 4.98 Å². The van der Waals surface area contributed by atoms with Crippen molar-refractivity contribution in [3.8, 4) is 22.4 Å². The number of hydrogen-bond acceptors (Lipinski definition) is 10. The summed E-state index contributed by atoms with van der Waals surface area (Å²) in [5.41, 5.74) is 2.34. The van der Waals surface area contributed by atoms with Crippen LogP contribution in [0.25, 0.3) is 10.6 Å². The summed E-state index contributed by atoms with van der Waals surface area (Å²) >= 11 is 1.58. The van der Waals surface area contributed by atoms with Gasteiger partial charge in [0.1, 0.15) is 11.9 Å². The first-order valence-corrected chi connectivity index (χ1v) is 13.1. The van der Waals surface area contributed by atoms with Crippen LogP contribution < -0.4 is 10.6 Å². The van der Waals surface area contributed by atoms with E-state index in [-0.39, 0.29) is 37.4 Å². The Morgan fingerprint density at radius 3 is 2.62 bits per heavy atom. The summed E-state index contributed by atoms with van der Waals surface area (Å²) in [5.74, 6) is 7.54. The quantitative estimate of drug-likeness (QED) is 0.235. The molecular formula is C27H33N5O4S.